The molecule has 0 saturated heterocycles. The van der Waals surface area contributed by atoms with Crippen molar-refractivity contribution in [1.29, 1.82) is 0 Å². The van der Waals surface area contributed by atoms with Crippen molar-refractivity contribution in [3.63, 3.8) is 0 Å². The van der Waals surface area contributed by atoms with Gasteiger partial charge in [-0.15, -0.1) is 0 Å². The Hall–Kier alpha value is -1.29. The number of carboxylic acids is 1. The molecule has 0 aliphatic carbocycles. The van der Waals surface area contributed by atoms with Crippen molar-refractivity contribution in [2.45, 2.75) is 6.92 Å². The molecule has 0 saturated carbocycles. The summed E-state index contributed by atoms with van der Waals surface area (Å²) in [5.41, 5.74) is 0.857. The molecule has 0 aromatic carbocycles. The van der Waals surface area contributed by atoms with Crippen LogP contribution < -0.4 is 0 Å². The Morgan fingerprint density at radius 2 is 2.54 bits per heavy atom. The molecule has 1 heterocycles. The highest BCUT2D eigenvalue weighted by molar-refractivity contribution is 7.08. The van der Waals surface area contributed by atoms with Gasteiger partial charge >= 0.3 is 5.97 Å². The minimum absolute atomic E-state index is 0.0131. The van der Waals surface area contributed by atoms with Crippen LogP contribution in [0, 0.1) is 0 Å². The van der Waals surface area contributed by atoms with E-state index in [0.717, 1.165) is 5.56 Å². The molecule has 0 bridgehead atoms. The largest absolute Gasteiger partial charge is 0.487 e. The Balaban J connectivity index is 2.80. The lowest BCUT2D eigenvalue weighted by Crippen LogP contribution is -2.04. The molecule has 1 aromatic heterocycles. The van der Waals surface area contributed by atoms with E-state index in [1.165, 1.54) is 17.4 Å². The van der Waals surface area contributed by atoms with Gasteiger partial charge in [0.2, 0.25) is 5.76 Å². The summed E-state index contributed by atoms with van der Waals surface area (Å²) >= 11 is 1.52. The summed E-state index contributed by atoms with van der Waals surface area (Å²) in [4.78, 5) is 10.6. The molecule has 3 nitrogen and oxygen atoms in total. The van der Waals surface area contributed by atoms with E-state index in [2.05, 4.69) is 0 Å². The third-order valence-electron chi connectivity index (χ3n) is 1.35. The quantitative estimate of drug-likeness (QED) is 0.596. The van der Waals surface area contributed by atoms with Gasteiger partial charge in [-0.25, -0.2) is 4.79 Å². The molecule has 1 N–H and O–H groups in total. The summed E-state index contributed by atoms with van der Waals surface area (Å²) in [6.45, 7) is 2.12. The second kappa shape index (κ2) is 4.67. The topological polar surface area (TPSA) is 46.5 Å². The predicted molar refractivity (Wildman–Crippen MR) is 51.6 cm³/mol. The van der Waals surface area contributed by atoms with Gasteiger partial charge in [0.25, 0.3) is 0 Å². The minimum atomic E-state index is -1.03. The SMILES string of the molecule is CCO/C(=C/c1ccsc1)C(=O)O. The standard InChI is InChI=1S/C9H10O3S/c1-2-12-8(9(10)11)5-7-3-4-13-6-7/h3-6H,2H2,1H3,(H,10,11)/b8-5+. The summed E-state index contributed by atoms with van der Waals surface area (Å²) in [6.07, 6.45) is 1.52. The van der Waals surface area contributed by atoms with E-state index in [1.807, 2.05) is 16.8 Å². The molecule has 0 atom stereocenters. The number of thiophene rings is 1. The predicted octanol–water partition coefficient (Wildman–Crippen LogP) is 2.21. The van der Waals surface area contributed by atoms with Crippen LogP contribution >= 0.6 is 11.3 Å². The lowest BCUT2D eigenvalue weighted by molar-refractivity contribution is -0.136. The number of carbonyl (C=O) groups is 1. The van der Waals surface area contributed by atoms with E-state index < -0.39 is 5.97 Å². The molecule has 0 amide bonds. The maximum absolute atomic E-state index is 10.6. The van der Waals surface area contributed by atoms with Gasteiger partial charge < -0.3 is 9.84 Å². The van der Waals surface area contributed by atoms with E-state index >= 15 is 0 Å². The molecule has 4 heteroatoms. The first-order valence-corrected chi connectivity index (χ1v) is 4.78. The van der Waals surface area contributed by atoms with Crippen LogP contribution in [0.1, 0.15) is 12.5 Å². The van der Waals surface area contributed by atoms with Crippen LogP contribution in [0.25, 0.3) is 6.08 Å². The molecule has 1 aromatic rings. The maximum atomic E-state index is 10.6. The molecule has 0 aliphatic rings. The monoisotopic (exact) mass is 198 g/mol. The zero-order valence-corrected chi connectivity index (χ0v) is 8.00. The third kappa shape index (κ3) is 2.91. The van der Waals surface area contributed by atoms with Gasteiger partial charge in [0, 0.05) is 0 Å². The zero-order valence-electron chi connectivity index (χ0n) is 7.19. The number of ether oxygens (including phenoxy) is 1. The molecular formula is C9H10O3S. The number of rotatable bonds is 4. The maximum Gasteiger partial charge on any atom is 0.371 e. The zero-order chi connectivity index (χ0) is 9.68. The van der Waals surface area contributed by atoms with Gasteiger partial charge in [-0.2, -0.15) is 11.3 Å². The van der Waals surface area contributed by atoms with E-state index in [1.54, 1.807) is 6.92 Å². The first-order chi connectivity index (χ1) is 6.24. The van der Waals surface area contributed by atoms with Crippen molar-refractivity contribution in [3.8, 4) is 0 Å². The molecule has 70 valence electrons. The van der Waals surface area contributed by atoms with Crippen molar-refractivity contribution < 1.29 is 14.6 Å². The highest BCUT2D eigenvalue weighted by atomic mass is 32.1. The highest BCUT2D eigenvalue weighted by Gasteiger charge is 2.07. The molecule has 0 radical (unpaired) electrons. The van der Waals surface area contributed by atoms with Crippen molar-refractivity contribution in [3.05, 3.63) is 28.1 Å². The summed E-state index contributed by atoms with van der Waals surface area (Å²) in [7, 11) is 0. The average molecular weight is 198 g/mol. The highest BCUT2D eigenvalue weighted by Crippen LogP contribution is 2.11. The first kappa shape index (κ1) is 9.80. The Morgan fingerprint density at radius 3 is 3.00 bits per heavy atom. The lowest BCUT2D eigenvalue weighted by Gasteiger charge is -2.01. The number of aliphatic carboxylic acids is 1. The number of carboxylic acid groups (broad SMARTS) is 1. The van der Waals surface area contributed by atoms with Crippen LogP contribution in [0.2, 0.25) is 0 Å². The Kier molecular flexibility index (Phi) is 3.52. The van der Waals surface area contributed by atoms with Crippen LogP contribution in [-0.2, 0) is 9.53 Å². The molecule has 0 fully saturated rings. The van der Waals surface area contributed by atoms with E-state index in [4.69, 9.17) is 9.84 Å². The first-order valence-electron chi connectivity index (χ1n) is 3.84. The van der Waals surface area contributed by atoms with Crippen molar-refractivity contribution in [1.82, 2.24) is 0 Å². The number of hydrogen-bond acceptors (Lipinski definition) is 3. The van der Waals surface area contributed by atoms with E-state index in [-0.39, 0.29) is 5.76 Å². The summed E-state index contributed by atoms with van der Waals surface area (Å²) in [5, 5.41) is 12.5. The fourth-order valence-corrected chi connectivity index (χ4v) is 1.45. The van der Waals surface area contributed by atoms with Gasteiger partial charge in [-0.05, 0) is 35.4 Å². The molecule has 0 aliphatic heterocycles. The second-order valence-corrected chi connectivity index (χ2v) is 3.08. The Morgan fingerprint density at radius 1 is 1.77 bits per heavy atom. The summed E-state index contributed by atoms with van der Waals surface area (Å²) < 4.78 is 4.94. The second-order valence-electron chi connectivity index (χ2n) is 2.30. The van der Waals surface area contributed by atoms with Crippen LogP contribution in [-0.4, -0.2) is 17.7 Å². The lowest BCUT2D eigenvalue weighted by atomic mass is 10.3. The third-order valence-corrected chi connectivity index (χ3v) is 2.05. The van der Waals surface area contributed by atoms with E-state index in [9.17, 15) is 4.79 Å². The van der Waals surface area contributed by atoms with Gasteiger partial charge in [-0.3, -0.25) is 0 Å². The van der Waals surface area contributed by atoms with Crippen LogP contribution in [0.4, 0.5) is 0 Å². The fraction of sp³-hybridized carbons (Fsp3) is 0.222. The van der Waals surface area contributed by atoms with Crippen LogP contribution in [0.15, 0.2) is 22.6 Å². The Bertz CT molecular complexity index is 301. The van der Waals surface area contributed by atoms with Crippen LogP contribution in [0.3, 0.4) is 0 Å². The number of hydrogen-bond donors (Lipinski definition) is 1. The molecule has 0 unspecified atom stereocenters. The van der Waals surface area contributed by atoms with E-state index in [0.29, 0.717) is 6.61 Å². The molecule has 13 heavy (non-hydrogen) atoms. The summed E-state index contributed by atoms with van der Waals surface area (Å²) in [6, 6.07) is 1.84. The molecule has 1 rings (SSSR count). The fourth-order valence-electron chi connectivity index (χ4n) is 0.829. The van der Waals surface area contributed by atoms with Crippen molar-refractivity contribution in [2.75, 3.05) is 6.61 Å². The average Bonchev–Trinajstić information content (AvgIpc) is 2.56. The summed E-state index contributed by atoms with van der Waals surface area (Å²) in [5.74, 6) is -1.05. The minimum Gasteiger partial charge on any atom is -0.487 e. The Labute approximate surface area is 80.3 Å². The smallest absolute Gasteiger partial charge is 0.371 e. The molecular weight excluding hydrogens is 188 g/mol. The van der Waals surface area contributed by atoms with Crippen LogP contribution in [0.5, 0.6) is 0 Å². The van der Waals surface area contributed by atoms with Crippen molar-refractivity contribution in [2.24, 2.45) is 0 Å². The van der Waals surface area contributed by atoms with Gasteiger partial charge in [0.15, 0.2) is 0 Å². The van der Waals surface area contributed by atoms with Crippen molar-refractivity contribution >= 4 is 23.4 Å². The van der Waals surface area contributed by atoms with Gasteiger partial charge in [0.05, 0.1) is 6.61 Å². The molecule has 0 spiro atoms. The van der Waals surface area contributed by atoms with Gasteiger partial charge in [-0.1, -0.05) is 0 Å². The van der Waals surface area contributed by atoms with Gasteiger partial charge in [0.1, 0.15) is 0 Å². The normalized spacial score (nSPS) is 11.3.